The lowest BCUT2D eigenvalue weighted by molar-refractivity contribution is -0.149. The lowest BCUT2D eigenvalue weighted by Gasteiger charge is -2.32. The highest BCUT2D eigenvalue weighted by Crippen LogP contribution is 2.31. The SMILES string of the molecule is CCOC(=O)C1CCCN(C(=O)c2cc(-c3ccccc3Cl)nc3ccc(C)cc23)C1. The van der Waals surface area contributed by atoms with E-state index in [4.69, 9.17) is 21.3 Å². The fourth-order valence-corrected chi connectivity index (χ4v) is 4.34. The molecule has 0 radical (unpaired) electrons. The summed E-state index contributed by atoms with van der Waals surface area (Å²) < 4.78 is 5.19. The Hall–Kier alpha value is -2.92. The third kappa shape index (κ3) is 4.42. The van der Waals surface area contributed by atoms with E-state index in [1.54, 1.807) is 11.8 Å². The normalized spacial score (nSPS) is 16.4. The summed E-state index contributed by atoms with van der Waals surface area (Å²) >= 11 is 6.41. The van der Waals surface area contributed by atoms with Gasteiger partial charge in [0.15, 0.2) is 0 Å². The molecule has 0 aliphatic carbocycles. The number of aromatic nitrogens is 1. The van der Waals surface area contributed by atoms with Crippen LogP contribution in [0.3, 0.4) is 0 Å². The summed E-state index contributed by atoms with van der Waals surface area (Å²) in [6.45, 7) is 5.12. The lowest BCUT2D eigenvalue weighted by atomic mass is 9.96. The predicted molar refractivity (Wildman–Crippen MR) is 122 cm³/mol. The topological polar surface area (TPSA) is 59.5 Å². The van der Waals surface area contributed by atoms with Gasteiger partial charge >= 0.3 is 5.97 Å². The van der Waals surface area contributed by atoms with Gasteiger partial charge in [-0.2, -0.15) is 0 Å². The Kier molecular flexibility index (Phi) is 6.23. The molecule has 4 rings (SSSR count). The monoisotopic (exact) mass is 436 g/mol. The van der Waals surface area contributed by atoms with Crippen LogP contribution < -0.4 is 0 Å². The van der Waals surface area contributed by atoms with E-state index in [1.165, 1.54) is 0 Å². The van der Waals surface area contributed by atoms with Gasteiger partial charge in [-0.05, 0) is 51.0 Å². The maximum Gasteiger partial charge on any atom is 0.310 e. The van der Waals surface area contributed by atoms with E-state index in [0.29, 0.717) is 36.0 Å². The van der Waals surface area contributed by atoms with Crippen LogP contribution in [0.4, 0.5) is 0 Å². The van der Waals surface area contributed by atoms with Crippen molar-refractivity contribution >= 4 is 34.4 Å². The van der Waals surface area contributed by atoms with Gasteiger partial charge in [0.25, 0.3) is 5.91 Å². The van der Waals surface area contributed by atoms with Gasteiger partial charge in [-0.1, -0.05) is 41.4 Å². The molecule has 1 aliphatic heterocycles. The number of esters is 1. The Morgan fingerprint density at radius 2 is 2.00 bits per heavy atom. The number of ether oxygens (including phenoxy) is 1. The first-order valence-electron chi connectivity index (χ1n) is 10.6. The van der Waals surface area contributed by atoms with E-state index < -0.39 is 0 Å². The van der Waals surface area contributed by atoms with Crippen molar-refractivity contribution in [1.29, 1.82) is 0 Å². The summed E-state index contributed by atoms with van der Waals surface area (Å²) in [5, 5.41) is 1.39. The van der Waals surface area contributed by atoms with Gasteiger partial charge in [0.2, 0.25) is 0 Å². The number of rotatable bonds is 4. The zero-order valence-electron chi connectivity index (χ0n) is 17.7. The average Bonchev–Trinajstić information content (AvgIpc) is 2.78. The zero-order valence-corrected chi connectivity index (χ0v) is 18.5. The van der Waals surface area contributed by atoms with Gasteiger partial charge in [0, 0.05) is 29.1 Å². The van der Waals surface area contributed by atoms with Gasteiger partial charge < -0.3 is 9.64 Å². The number of benzene rings is 2. The summed E-state index contributed by atoms with van der Waals surface area (Å²) in [7, 11) is 0. The molecule has 160 valence electrons. The zero-order chi connectivity index (χ0) is 22.0. The molecule has 31 heavy (non-hydrogen) atoms. The molecule has 5 nitrogen and oxygen atoms in total. The Labute approximate surface area is 187 Å². The largest absolute Gasteiger partial charge is 0.466 e. The number of pyridine rings is 1. The molecule has 3 aromatic rings. The molecule has 1 fully saturated rings. The van der Waals surface area contributed by atoms with Crippen LogP contribution in [-0.2, 0) is 9.53 Å². The third-order valence-corrected chi connectivity index (χ3v) is 6.00. The van der Waals surface area contributed by atoms with E-state index in [1.807, 2.05) is 55.5 Å². The Morgan fingerprint density at radius 3 is 2.77 bits per heavy atom. The Morgan fingerprint density at radius 1 is 1.19 bits per heavy atom. The molecule has 0 saturated carbocycles. The number of amides is 1. The van der Waals surface area contributed by atoms with E-state index in [-0.39, 0.29) is 17.8 Å². The van der Waals surface area contributed by atoms with Crippen LogP contribution in [0.2, 0.25) is 5.02 Å². The number of piperidine rings is 1. The fourth-order valence-electron chi connectivity index (χ4n) is 4.11. The number of carbonyl (C=O) groups is 2. The highest BCUT2D eigenvalue weighted by atomic mass is 35.5. The molecular formula is C25H25ClN2O3. The number of likely N-dealkylation sites (tertiary alicyclic amines) is 1. The van der Waals surface area contributed by atoms with Gasteiger partial charge in [-0.25, -0.2) is 4.98 Å². The molecule has 0 bridgehead atoms. The fraction of sp³-hybridized carbons (Fsp3) is 0.320. The second kappa shape index (κ2) is 9.06. The molecule has 1 atom stereocenters. The molecule has 0 spiro atoms. The molecule has 6 heteroatoms. The minimum Gasteiger partial charge on any atom is -0.466 e. The number of fused-ring (bicyclic) bond motifs is 1. The number of nitrogens with zero attached hydrogens (tertiary/aromatic N) is 2. The number of hydrogen-bond donors (Lipinski definition) is 0. The Bertz CT molecular complexity index is 1140. The maximum absolute atomic E-state index is 13.6. The van der Waals surface area contributed by atoms with Crippen LogP contribution in [0.15, 0.2) is 48.5 Å². The molecular weight excluding hydrogens is 412 g/mol. The van der Waals surface area contributed by atoms with E-state index in [9.17, 15) is 9.59 Å². The van der Waals surface area contributed by atoms with Crippen LogP contribution in [0.25, 0.3) is 22.2 Å². The van der Waals surface area contributed by atoms with Gasteiger partial charge in [0.05, 0.1) is 29.3 Å². The summed E-state index contributed by atoms with van der Waals surface area (Å²) in [5.74, 6) is -0.608. The second-order valence-corrected chi connectivity index (χ2v) is 8.31. The number of carbonyl (C=O) groups excluding carboxylic acids is 2. The van der Waals surface area contributed by atoms with Crippen LogP contribution >= 0.6 is 11.6 Å². The molecule has 2 heterocycles. The van der Waals surface area contributed by atoms with E-state index in [2.05, 4.69) is 0 Å². The minimum atomic E-state index is -0.282. The standard InChI is InChI=1S/C25H25ClN2O3/c1-3-31-25(30)17-7-6-12-28(15-17)24(29)20-14-23(18-8-4-5-9-21(18)26)27-22-11-10-16(2)13-19(20)22/h4-5,8-11,13-14,17H,3,6-7,12,15H2,1-2H3. The van der Waals surface area contributed by atoms with Crippen molar-refractivity contribution in [3.05, 3.63) is 64.7 Å². The Balaban J connectivity index is 1.76. The van der Waals surface area contributed by atoms with Crippen LogP contribution in [0.5, 0.6) is 0 Å². The van der Waals surface area contributed by atoms with Crippen molar-refractivity contribution in [2.75, 3.05) is 19.7 Å². The molecule has 1 aliphatic rings. The first-order chi connectivity index (χ1) is 15.0. The minimum absolute atomic E-state index is 0.0969. The van der Waals surface area contributed by atoms with Crippen molar-refractivity contribution in [3.8, 4) is 11.3 Å². The highest BCUT2D eigenvalue weighted by Gasteiger charge is 2.30. The quantitative estimate of drug-likeness (QED) is 0.522. The first kappa shape index (κ1) is 21.3. The number of halogens is 1. The number of aryl methyl sites for hydroxylation is 1. The lowest BCUT2D eigenvalue weighted by Crippen LogP contribution is -2.42. The molecule has 2 aromatic carbocycles. The molecule has 1 aromatic heterocycles. The molecule has 1 unspecified atom stereocenters. The van der Waals surface area contributed by atoms with Gasteiger partial charge in [0.1, 0.15) is 0 Å². The summed E-state index contributed by atoms with van der Waals surface area (Å²) in [6.07, 6.45) is 1.51. The summed E-state index contributed by atoms with van der Waals surface area (Å²) in [4.78, 5) is 32.4. The summed E-state index contributed by atoms with van der Waals surface area (Å²) in [5.41, 5.74) is 3.81. The molecule has 0 N–H and O–H groups in total. The maximum atomic E-state index is 13.6. The smallest absolute Gasteiger partial charge is 0.310 e. The molecule has 1 amide bonds. The van der Waals surface area contributed by atoms with Crippen molar-refractivity contribution in [1.82, 2.24) is 9.88 Å². The van der Waals surface area contributed by atoms with Crippen molar-refractivity contribution < 1.29 is 14.3 Å². The second-order valence-electron chi connectivity index (χ2n) is 7.90. The van der Waals surface area contributed by atoms with E-state index >= 15 is 0 Å². The van der Waals surface area contributed by atoms with Crippen LogP contribution in [-0.4, -0.2) is 41.5 Å². The van der Waals surface area contributed by atoms with Crippen LogP contribution in [0, 0.1) is 12.8 Å². The third-order valence-electron chi connectivity index (χ3n) is 5.67. The molecule has 1 saturated heterocycles. The number of hydrogen-bond acceptors (Lipinski definition) is 4. The first-order valence-corrected chi connectivity index (χ1v) is 11.0. The predicted octanol–water partition coefficient (Wildman–Crippen LogP) is 5.28. The van der Waals surface area contributed by atoms with E-state index in [0.717, 1.165) is 34.9 Å². The van der Waals surface area contributed by atoms with Crippen molar-refractivity contribution in [2.24, 2.45) is 5.92 Å². The average molecular weight is 437 g/mol. The summed E-state index contributed by atoms with van der Waals surface area (Å²) in [6, 6.07) is 15.2. The van der Waals surface area contributed by atoms with Gasteiger partial charge in [-0.3, -0.25) is 9.59 Å². The van der Waals surface area contributed by atoms with Gasteiger partial charge in [-0.15, -0.1) is 0 Å². The van der Waals surface area contributed by atoms with Crippen molar-refractivity contribution in [2.45, 2.75) is 26.7 Å². The van der Waals surface area contributed by atoms with Crippen LogP contribution in [0.1, 0.15) is 35.7 Å². The van der Waals surface area contributed by atoms with Crippen molar-refractivity contribution in [3.63, 3.8) is 0 Å². The highest BCUT2D eigenvalue weighted by molar-refractivity contribution is 6.33.